The molecule has 0 fully saturated rings. The van der Waals surface area contributed by atoms with Crippen LogP contribution in [0.4, 0.5) is 0 Å². The summed E-state index contributed by atoms with van der Waals surface area (Å²) in [5.41, 5.74) is 2.77. The van der Waals surface area contributed by atoms with Crippen molar-refractivity contribution < 1.29 is 18.3 Å². The van der Waals surface area contributed by atoms with Crippen LogP contribution in [0.2, 0.25) is 5.02 Å². The Morgan fingerprint density at radius 2 is 1.88 bits per heavy atom. The first-order valence-electron chi connectivity index (χ1n) is 7.90. The zero-order valence-corrected chi connectivity index (χ0v) is 15.2. The quantitative estimate of drug-likeness (QED) is 0.854. The Labute approximate surface area is 151 Å². The summed E-state index contributed by atoms with van der Waals surface area (Å²) in [4.78, 5) is 11.7. The van der Waals surface area contributed by atoms with Crippen LogP contribution in [0.5, 0.6) is 0 Å². The molecule has 2 aromatic rings. The number of carbonyl (C=O) groups is 1. The summed E-state index contributed by atoms with van der Waals surface area (Å²) >= 11 is 5.80. The fourth-order valence-corrected chi connectivity index (χ4v) is 4.67. The van der Waals surface area contributed by atoms with Gasteiger partial charge >= 0.3 is 5.97 Å². The lowest BCUT2D eigenvalue weighted by atomic mass is 9.84. The number of carboxylic acids is 1. The predicted molar refractivity (Wildman–Crippen MR) is 95.7 cm³/mol. The molecule has 0 heterocycles. The van der Waals surface area contributed by atoms with Crippen LogP contribution in [-0.2, 0) is 22.9 Å². The smallest absolute Gasteiger partial charge is 0.336 e. The van der Waals surface area contributed by atoms with Gasteiger partial charge in [-0.05, 0) is 67.1 Å². The van der Waals surface area contributed by atoms with Gasteiger partial charge < -0.3 is 5.11 Å². The molecule has 1 aliphatic rings. The average Bonchev–Trinajstić information content (AvgIpc) is 2.54. The van der Waals surface area contributed by atoms with Gasteiger partial charge in [0.05, 0.1) is 10.5 Å². The molecule has 0 saturated carbocycles. The van der Waals surface area contributed by atoms with Crippen LogP contribution in [0.25, 0.3) is 0 Å². The Kier molecular flexibility index (Phi) is 4.86. The van der Waals surface area contributed by atoms with E-state index in [-0.39, 0.29) is 10.9 Å². The highest BCUT2D eigenvalue weighted by Gasteiger charge is 2.27. The first-order valence-corrected chi connectivity index (χ1v) is 9.76. The molecule has 25 heavy (non-hydrogen) atoms. The van der Waals surface area contributed by atoms with Crippen LogP contribution in [0.3, 0.4) is 0 Å². The Balaban J connectivity index is 1.83. The second-order valence-electron chi connectivity index (χ2n) is 6.22. The number of sulfonamides is 1. The van der Waals surface area contributed by atoms with E-state index in [1.165, 1.54) is 24.3 Å². The maximum atomic E-state index is 12.5. The van der Waals surface area contributed by atoms with Gasteiger partial charge in [-0.2, -0.15) is 0 Å². The number of fused-ring (bicyclic) bond motifs is 1. The molecular weight excluding hydrogens is 362 g/mol. The van der Waals surface area contributed by atoms with E-state index in [0.29, 0.717) is 29.8 Å². The van der Waals surface area contributed by atoms with Gasteiger partial charge in [0.15, 0.2) is 0 Å². The van der Waals surface area contributed by atoms with Crippen LogP contribution in [-0.4, -0.2) is 25.5 Å². The second kappa shape index (κ2) is 6.78. The van der Waals surface area contributed by atoms with Gasteiger partial charge in [0, 0.05) is 11.1 Å². The van der Waals surface area contributed by atoms with Gasteiger partial charge in [-0.3, -0.25) is 0 Å². The van der Waals surface area contributed by atoms with Crippen LogP contribution in [0, 0.1) is 6.92 Å². The van der Waals surface area contributed by atoms with Gasteiger partial charge in [0.25, 0.3) is 0 Å². The van der Waals surface area contributed by atoms with Crippen molar-refractivity contribution in [3.05, 3.63) is 63.7 Å². The molecule has 1 aliphatic carbocycles. The first kappa shape index (κ1) is 17.9. The van der Waals surface area contributed by atoms with Crippen LogP contribution < -0.4 is 4.72 Å². The number of nitrogens with one attached hydrogen (secondary N) is 1. The van der Waals surface area contributed by atoms with Gasteiger partial charge in [-0.1, -0.05) is 23.7 Å². The van der Waals surface area contributed by atoms with E-state index < -0.39 is 16.0 Å². The highest BCUT2D eigenvalue weighted by molar-refractivity contribution is 7.89. The molecule has 0 spiro atoms. The van der Waals surface area contributed by atoms with Crippen molar-refractivity contribution in [2.75, 3.05) is 0 Å². The normalized spacial score (nSPS) is 17.1. The van der Waals surface area contributed by atoms with Gasteiger partial charge in [-0.15, -0.1) is 0 Å². The topological polar surface area (TPSA) is 83.5 Å². The molecule has 0 radical (unpaired) electrons. The van der Waals surface area contributed by atoms with Crippen LogP contribution in [0.1, 0.15) is 33.5 Å². The molecule has 132 valence electrons. The number of aryl methyl sites for hydroxylation is 1. The largest absolute Gasteiger partial charge is 0.478 e. The van der Waals surface area contributed by atoms with E-state index in [1.807, 2.05) is 6.07 Å². The Morgan fingerprint density at radius 3 is 2.52 bits per heavy atom. The number of hydrogen-bond donors (Lipinski definition) is 2. The van der Waals surface area contributed by atoms with Crippen molar-refractivity contribution in [2.45, 2.75) is 37.1 Å². The van der Waals surface area contributed by atoms with Crippen LogP contribution >= 0.6 is 11.6 Å². The van der Waals surface area contributed by atoms with Crippen molar-refractivity contribution in [3.8, 4) is 0 Å². The molecular formula is C18H18ClNO4S. The van der Waals surface area contributed by atoms with Crippen molar-refractivity contribution >= 4 is 27.6 Å². The third-order valence-corrected chi connectivity index (χ3v) is 6.28. The van der Waals surface area contributed by atoms with Crippen molar-refractivity contribution in [2.24, 2.45) is 0 Å². The fourth-order valence-electron chi connectivity index (χ4n) is 3.27. The first-order chi connectivity index (χ1) is 11.8. The third kappa shape index (κ3) is 3.71. The number of halogens is 1. The van der Waals surface area contributed by atoms with Gasteiger partial charge in [-0.25, -0.2) is 17.9 Å². The lowest BCUT2D eigenvalue weighted by Gasteiger charge is -2.27. The van der Waals surface area contributed by atoms with Gasteiger partial charge in [0.1, 0.15) is 0 Å². The highest BCUT2D eigenvalue weighted by Crippen LogP contribution is 2.28. The Morgan fingerprint density at radius 1 is 1.20 bits per heavy atom. The average molecular weight is 380 g/mol. The minimum atomic E-state index is -3.64. The molecule has 0 bridgehead atoms. The zero-order chi connectivity index (χ0) is 18.2. The van der Waals surface area contributed by atoms with E-state index >= 15 is 0 Å². The van der Waals surface area contributed by atoms with Crippen molar-refractivity contribution in [1.29, 1.82) is 0 Å². The van der Waals surface area contributed by atoms with E-state index in [2.05, 4.69) is 4.72 Å². The lowest BCUT2D eigenvalue weighted by Crippen LogP contribution is -2.39. The van der Waals surface area contributed by atoms with Crippen molar-refractivity contribution in [3.63, 3.8) is 0 Å². The lowest BCUT2D eigenvalue weighted by molar-refractivity contribution is 0.0694. The molecule has 5 nitrogen and oxygen atoms in total. The van der Waals surface area contributed by atoms with Gasteiger partial charge in [0.2, 0.25) is 10.0 Å². The monoisotopic (exact) mass is 379 g/mol. The summed E-state index contributed by atoms with van der Waals surface area (Å²) in [6.45, 7) is 1.78. The number of carboxylic acid groups (broad SMARTS) is 1. The maximum Gasteiger partial charge on any atom is 0.336 e. The summed E-state index contributed by atoms with van der Waals surface area (Å²) < 4.78 is 27.7. The molecule has 3 rings (SSSR count). The molecule has 0 aromatic heterocycles. The molecule has 1 unspecified atom stereocenters. The number of benzene rings is 2. The van der Waals surface area contributed by atoms with E-state index in [4.69, 9.17) is 11.6 Å². The standard InChI is InChI=1S/C18H18ClNO4S/c1-11-2-3-12-10-14(6-9-16(12)17(11)18(21)22)20-25(23,24)15-7-4-13(19)5-8-15/h2-5,7-8,14,20H,6,9-10H2,1H3,(H,21,22). The molecule has 1 atom stereocenters. The zero-order valence-electron chi connectivity index (χ0n) is 13.6. The molecule has 0 saturated heterocycles. The van der Waals surface area contributed by atoms with E-state index in [9.17, 15) is 18.3 Å². The Bertz CT molecular complexity index is 923. The Hall–Kier alpha value is -1.89. The molecule has 0 aliphatic heterocycles. The number of aromatic carboxylic acids is 1. The van der Waals surface area contributed by atoms with Crippen LogP contribution in [0.15, 0.2) is 41.3 Å². The summed E-state index contributed by atoms with van der Waals surface area (Å²) in [6, 6.07) is 9.40. The maximum absolute atomic E-state index is 12.5. The third-order valence-electron chi connectivity index (χ3n) is 4.49. The molecule has 2 N–H and O–H groups in total. The summed E-state index contributed by atoms with van der Waals surface area (Å²) in [7, 11) is -3.64. The summed E-state index contributed by atoms with van der Waals surface area (Å²) in [5.74, 6) is -0.936. The summed E-state index contributed by atoms with van der Waals surface area (Å²) in [6.07, 6.45) is 1.57. The fraction of sp³-hybridized carbons (Fsp3) is 0.278. The molecule has 2 aromatic carbocycles. The highest BCUT2D eigenvalue weighted by atomic mass is 35.5. The number of rotatable bonds is 4. The minimum absolute atomic E-state index is 0.165. The molecule has 7 heteroatoms. The van der Waals surface area contributed by atoms with Crippen molar-refractivity contribution in [1.82, 2.24) is 4.72 Å². The van der Waals surface area contributed by atoms with E-state index in [0.717, 1.165) is 16.7 Å². The predicted octanol–water partition coefficient (Wildman–Crippen LogP) is 3.18. The SMILES string of the molecule is Cc1ccc2c(c1C(=O)O)CCC(NS(=O)(=O)c1ccc(Cl)cc1)C2. The second-order valence-corrected chi connectivity index (χ2v) is 8.37. The molecule has 0 amide bonds. The summed E-state index contributed by atoms with van der Waals surface area (Å²) in [5, 5.41) is 9.90. The minimum Gasteiger partial charge on any atom is -0.478 e. The van der Waals surface area contributed by atoms with E-state index in [1.54, 1.807) is 13.0 Å². The number of hydrogen-bond acceptors (Lipinski definition) is 3.